The van der Waals surface area contributed by atoms with Gasteiger partial charge in [-0.05, 0) is 35.9 Å². The van der Waals surface area contributed by atoms with Crippen LogP contribution >= 0.6 is 11.6 Å². The van der Waals surface area contributed by atoms with Crippen LogP contribution in [0.3, 0.4) is 0 Å². The molecule has 0 radical (unpaired) electrons. The Kier molecular flexibility index (Phi) is 3.20. The predicted molar refractivity (Wildman–Crippen MR) is 80.9 cm³/mol. The van der Waals surface area contributed by atoms with Crippen LogP contribution in [0.25, 0.3) is 11.6 Å². The Morgan fingerprint density at radius 1 is 1.20 bits per heavy atom. The van der Waals surface area contributed by atoms with Crippen molar-refractivity contribution in [3.8, 4) is 5.75 Å². The van der Waals surface area contributed by atoms with Crippen LogP contribution in [0.4, 0.5) is 5.69 Å². The number of benzene rings is 2. The fraction of sp³-hybridized carbons (Fsp3) is 0.0625. The van der Waals surface area contributed by atoms with Crippen LogP contribution in [0, 0.1) is 0 Å². The molecule has 0 spiro atoms. The molecule has 0 saturated carbocycles. The number of methoxy groups -OCH3 is 1. The minimum atomic E-state index is -0.113. The Morgan fingerprint density at radius 2 is 2.00 bits per heavy atom. The van der Waals surface area contributed by atoms with Gasteiger partial charge in [0, 0.05) is 16.8 Å². The zero-order chi connectivity index (χ0) is 14.1. The smallest absolute Gasteiger partial charge is 0.256 e. The highest BCUT2D eigenvalue weighted by Gasteiger charge is 2.23. The third kappa shape index (κ3) is 2.17. The zero-order valence-electron chi connectivity index (χ0n) is 10.8. The molecule has 4 heteroatoms. The van der Waals surface area contributed by atoms with Gasteiger partial charge in [-0.3, -0.25) is 4.79 Å². The number of carbonyl (C=O) groups excluding carboxylic acids is 1. The molecule has 1 aliphatic heterocycles. The van der Waals surface area contributed by atoms with E-state index in [0.717, 1.165) is 16.8 Å². The summed E-state index contributed by atoms with van der Waals surface area (Å²) in [7, 11) is 1.59. The summed E-state index contributed by atoms with van der Waals surface area (Å²) in [5.74, 6) is 0.575. The Bertz CT molecular complexity index is 722. The number of ether oxygens (including phenoxy) is 1. The van der Waals surface area contributed by atoms with E-state index in [9.17, 15) is 4.79 Å². The number of amides is 1. The van der Waals surface area contributed by atoms with Gasteiger partial charge < -0.3 is 10.1 Å². The van der Waals surface area contributed by atoms with Crippen LogP contribution < -0.4 is 10.1 Å². The van der Waals surface area contributed by atoms with Gasteiger partial charge in [-0.15, -0.1) is 0 Å². The number of nitrogens with one attached hydrogen (secondary N) is 1. The molecule has 3 nitrogen and oxygen atoms in total. The van der Waals surface area contributed by atoms with Crippen molar-refractivity contribution >= 4 is 34.8 Å². The van der Waals surface area contributed by atoms with Crippen molar-refractivity contribution in [3.63, 3.8) is 0 Å². The number of fused-ring (bicyclic) bond motifs is 1. The van der Waals surface area contributed by atoms with Crippen molar-refractivity contribution in [2.24, 2.45) is 0 Å². The van der Waals surface area contributed by atoms with E-state index in [1.807, 2.05) is 36.4 Å². The monoisotopic (exact) mass is 285 g/mol. The van der Waals surface area contributed by atoms with Crippen molar-refractivity contribution in [1.29, 1.82) is 0 Å². The molecule has 1 heterocycles. The normalized spacial score (nSPS) is 15.1. The quantitative estimate of drug-likeness (QED) is 0.851. The van der Waals surface area contributed by atoms with E-state index in [1.54, 1.807) is 19.3 Å². The van der Waals surface area contributed by atoms with E-state index in [4.69, 9.17) is 16.3 Å². The predicted octanol–water partition coefficient (Wildman–Crippen LogP) is 3.84. The minimum Gasteiger partial charge on any atom is -0.497 e. The van der Waals surface area contributed by atoms with Crippen LogP contribution in [0.1, 0.15) is 11.1 Å². The Hall–Kier alpha value is -2.26. The minimum absolute atomic E-state index is 0.113. The Morgan fingerprint density at radius 3 is 2.75 bits per heavy atom. The molecule has 1 aliphatic rings. The van der Waals surface area contributed by atoms with Gasteiger partial charge in [0.05, 0.1) is 12.1 Å². The molecule has 20 heavy (non-hydrogen) atoms. The van der Waals surface area contributed by atoms with E-state index in [0.29, 0.717) is 16.3 Å². The van der Waals surface area contributed by atoms with E-state index in [1.165, 1.54) is 0 Å². The molecule has 1 amide bonds. The number of carbonyl (C=O) groups is 1. The fourth-order valence-electron chi connectivity index (χ4n) is 2.19. The van der Waals surface area contributed by atoms with Crippen molar-refractivity contribution in [2.45, 2.75) is 0 Å². The molecule has 0 fully saturated rings. The highest BCUT2D eigenvalue weighted by Crippen LogP contribution is 2.34. The summed E-state index contributed by atoms with van der Waals surface area (Å²) in [5.41, 5.74) is 3.12. The maximum atomic E-state index is 12.0. The standard InChI is InChI=1S/C16H12ClNO2/c1-20-11-7-6-10(14(17)9-11)8-13-12-4-2-3-5-15(12)18-16(13)19/h2-9H,1H3,(H,18,19). The number of hydrogen-bond acceptors (Lipinski definition) is 2. The first-order chi connectivity index (χ1) is 9.69. The first-order valence-corrected chi connectivity index (χ1v) is 6.53. The average molecular weight is 286 g/mol. The molecule has 0 saturated heterocycles. The van der Waals surface area contributed by atoms with Crippen molar-refractivity contribution < 1.29 is 9.53 Å². The van der Waals surface area contributed by atoms with Gasteiger partial charge in [0.2, 0.25) is 0 Å². The summed E-state index contributed by atoms with van der Waals surface area (Å²) in [6.45, 7) is 0. The van der Waals surface area contributed by atoms with Gasteiger partial charge in [0.25, 0.3) is 5.91 Å². The second kappa shape index (κ2) is 5.02. The van der Waals surface area contributed by atoms with Crippen molar-refractivity contribution in [3.05, 3.63) is 58.6 Å². The average Bonchev–Trinajstić information content (AvgIpc) is 2.77. The lowest BCUT2D eigenvalue weighted by atomic mass is 10.0. The van der Waals surface area contributed by atoms with Crippen LogP contribution in [-0.2, 0) is 4.79 Å². The van der Waals surface area contributed by atoms with Gasteiger partial charge in [0.1, 0.15) is 5.75 Å². The maximum Gasteiger partial charge on any atom is 0.256 e. The van der Waals surface area contributed by atoms with E-state index in [2.05, 4.69) is 5.32 Å². The number of anilines is 1. The van der Waals surface area contributed by atoms with Crippen LogP contribution in [-0.4, -0.2) is 13.0 Å². The fourth-order valence-corrected chi connectivity index (χ4v) is 2.41. The molecule has 0 unspecified atom stereocenters. The molecule has 0 aromatic heterocycles. The Labute approximate surface area is 121 Å². The van der Waals surface area contributed by atoms with Gasteiger partial charge in [-0.2, -0.15) is 0 Å². The lowest BCUT2D eigenvalue weighted by molar-refractivity contribution is -0.110. The largest absolute Gasteiger partial charge is 0.497 e. The van der Waals surface area contributed by atoms with Crippen molar-refractivity contribution in [1.82, 2.24) is 0 Å². The van der Waals surface area contributed by atoms with Crippen LogP contribution in [0.5, 0.6) is 5.75 Å². The molecular weight excluding hydrogens is 274 g/mol. The zero-order valence-corrected chi connectivity index (χ0v) is 11.6. The molecule has 1 N–H and O–H groups in total. The lowest BCUT2D eigenvalue weighted by Crippen LogP contribution is -2.03. The molecular formula is C16H12ClNO2. The van der Waals surface area contributed by atoms with Crippen LogP contribution in [0.2, 0.25) is 5.02 Å². The molecule has 0 aliphatic carbocycles. The number of halogens is 1. The summed E-state index contributed by atoms with van der Waals surface area (Å²) in [5, 5.41) is 3.38. The lowest BCUT2D eigenvalue weighted by Gasteiger charge is -2.04. The molecule has 0 bridgehead atoms. The molecule has 2 aromatic carbocycles. The van der Waals surface area contributed by atoms with E-state index in [-0.39, 0.29) is 5.91 Å². The number of hydrogen-bond donors (Lipinski definition) is 1. The summed E-state index contributed by atoms with van der Waals surface area (Å²) >= 11 is 6.21. The molecule has 0 atom stereocenters. The first-order valence-electron chi connectivity index (χ1n) is 6.15. The van der Waals surface area contributed by atoms with Gasteiger partial charge in [-0.1, -0.05) is 29.8 Å². The van der Waals surface area contributed by atoms with Gasteiger partial charge in [-0.25, -0.2) is 0 Å². The highest BCUT2D eigenvalue weighted by atomic mass is 35.5. The second-order valence-corrected chi connectivity index (χ2v) is 4.85. The van der Waals surface area contributed by atoms with Crippen LogP contribution in [0.15, 0.2) is 42.5 Å². The first kappa shape index (κ1) is 12.8. The number of para-hydroxylation sites is 1. The van der Waals surface area contributed by atoms with Gasteiger partial charge in [0.15, 0.2) is 0 Å². The molecule has 100 valence electrons. The number of rotatable bonds is 2. The molecule has 2 aromatic rings. The van der Waals surface area contributed by atoms with E-state index >= 15 is 0 Å². The summed E-state index contributed by atoms with van der Waals surface area (Å²) in [6, 6.07) is 13.0. The summed E-state index contributed by atoms with van der Waals surface area (Å²) in [6.07, 6.45) is 1.79. The van der Waals surface area contributed by atoms with Crippen molar-refractivity contribution in [2.75, 3.05) is 12.4 Å². The highest BCUT2D eigenvalue weighted by molar-refractivity contribution is 6.37. The summed E-state index contributed by atoms with van der Waals surface area (Å²) < 4.78 is 5.11. The topological polar surface area (TPSA) is 38.3 Å². The Balaban J connectivity index is 2.07. The van der Waals surface area contributed by atoms with Gasteiger partial charge >= 0.3 is 0 Å². The molecule has 3 rings (SSSR count). The summed E-state index contributed by atoms with van der Waals surface area (Å²) in [4.78, 5) is 12.0. The second-order valence-electron chi connectivity index (χ2n) is 4.45. The SMILES string of the molecule is COc1ccc(C=C2C(=O)Nc3ccccc32)c(Cl)c1. The maximum absolute atomic E-state index is 12.0. The third-order valence-electron chi connectivity index (χ3n) is 3.22. The van der Waals surface area contributed by atoms with E-state index < -0.39 is 0 Å². The third-order valence-corrected chi connectivity index (χ3v) is 3.54.